The van der Waals surface area contributed by atoms with Gasteiger partial charge in [0.05, 0.1) is 6.10 Å². The average molecular weight is 217 g/mol. The highest BCUT2D eigenvalue weighted by molar-refractivity contribution is 7.98. The molecule has 0 saturated carbocycles. The van der Waals surface area contributed by atoms with Crippen LogP contribution in [0.1, 0.15) is 17.2 Å². The van der Waals surface area contributed by atoms with E-state index in [1.807, 2.05) is 31.4 Å². The number of thioether (sulfide) groups is 1. The van der Waals surface area contributed by atoms with Gasteiger partial charge in [-0.05, 0) is 30.4 Å². The molecule has 72 valence electrons. The minimum Gasteiger partial charge on any atom is -0.388 e. The zero-order valence-electron chi connectivity index (χ0n) is 7.75. The minimum absolute atomic E-state index is 0.409. The van der Waals surface area contributed by atoms with Crippen LogP contribution in [-0.2, 0) is 0 Å². The van der Waals surface area contributed by atoms with E-state index in [0.717, 1.165) is 16.1 Å². The van der Waals surface area contributed by atoms with Crippen LogP contribution in [0.3, 0.4) is 0 Å². The smallest absolute Gasteiger partial charge is 0.0880 e. The molecule has 13 heavy (non-hydrogen) atoms. The van der Waals surface area contributed by atoms with Crippen LogP contribution in [0.2, 0.25) is 5.02 Å². The zero-order chi connectivity index (χ0) is 9.84. The van der Waals surface area contributed by atoms with Crippen molar-refractivity contribution < 1.29 is 5.11 Å². The minimum atomic E-state index is -0.409. The van der Waals surface area contributed by atoms with E-state index in [0.29, 0.717) is 5.75 Å². The van der Waals surface area contributed by atoms with Crippen molar-refractivity contribution in [2.45, 2.75) is 13.0 Å². The van der Waals surface area contributed by atoms with Gasteiger partial charge in [0.2, 0.25) is 0 Å². The molecule has 0 spiro atoms. The molecule has 1 aromatic rings. The Kier molecular flexibility index (Phi) is 4.10. The lowest BCUT2D eigenvalue weighted by atomic mass is 10.1. The number of hydrogen-bond acceptors (Lipinski definition) is 2. The summed E-state index contributed by atoms with van der Waals surface area (Å²) in [5, 5.41) is 10.4. The fourth-order valence-corrected chi connectivity index (χ4v) is 1.77. The highest BCUT2D eigenvalue weighted by Crippen LogP contribution is 2.22. The summed E-state index contributed by atoms with van der Waals surface area (Å²) in [6.45, 7) is 1.95. The third-order valence-corrected chi connectivity index (χ3v) is 2.96. The van der Waals surface area contributed by atoms with E-state index in [9.17, 15) is 5.11 Å². The van der Waals surface area contributed by atoms with Gasteiger partial charge in [0.25, 0.3) is 0 Å². The van der Waals surface area contributed by atoms with Crippen LogP contribution in [0.25, 0.3) is 0 Å². The van der Waals surface area contributed by atoms with Crippen molar-refractivity contribution in [3.05, 3.63) is 34.3 Å². The van der Waals surface area contributed by atoms with Crippen molar-refractivity contribution >= 4 is 23.4 Å². The van der Waals surface area contributed by atoms with Gasteiger partial charge in [-0.15, -0.1) is 0 Å². The molecule has 0 radical (unpaired) electrons. The van der Waals surface area contributed by atoms with E-state index < -0.39 is 6.10 Å². The average Bonchev–Trinajstić information content (AvgIpc) is 2.10. The Bertz CT molecular complexity index is 288. The maximum Gasteiger partial charge on any atom is 0.0880 e. The summed E-state index contributed by atoms with van der Waals surface area (Å²) in [6.07, 6.45) is 1.56. The molecule has 3 heteroatoms. The molecule has 1 atom stereocenters. The molecule has 0 fully saturated rings. The number of hydrogen-bond donors (Lipinski definition) is 1. The van der Waals surface area contributed by atoms with Crippen molar-refractivity contribution in [2.24, 2.45) is 0 Å². The van der Waals surface area contributed by atoms with Crippen molar-refractivity contribution in [2.75, 3.05) is 12.0 Å². The van der Waals surface area contributed by atoms with Crippen LogP contribution in [0.15, 0.2) is 18.2 Å². The fraction of sp³-hybridized carbons (Fsp3) is 0.400. The van der Waals surface area contributed by atoms with E-state index >= 15 is 0 Å². The SMILES string of the molecule is CSCC(O)c1ccc(C)c(Cl)c1. The van der Waals surface area contributed by atoms with Gasteiger partial charge in [-0.3, -0.25) is 0 Å². The summed E-state index contributed by atoms with van der Waals surface area (Å²) in [5.74, 6) is 0.708. The van der Waals surface area contributed by atoms with Crippen LogP contribution in [0.4, 0.5) is 0 Å². The quantitative estimate of drug-likeness (QED) is 0.838. The van der Waals surface area contributed by atoms with Gasteiger partial charge in [0.15, 0.2) is 0 Å². The van der Waals surface area contributed by atoms with Crippen molar-refractivity contribution in [1.82, 2.24) is 0 Å². The van der Waals surface area contributed by atoms with Crippen molar-refractivity contribution in [3.63, 3.8) is 0 Å². The predicted octanol–water partition coefficient (Wildman–Crippen LogP) is 3.04. The van der Waals surface area contributed by atoms with E-state index in [2.05, 4.69) is 0 Å². The second-order valence-corrected chi connectivity index (χ2v) is 4.30. The fourth-order valence-electron chi connectivity index (χ4n) is 1.07. The first-order chi connectivity index (χ1) is 6.15. The van der Waals surface area contributed by atoms with Crippen LogP contribution in [-0.4, -0.2) is 17.1 Å². The molecular weight excluding hydrogens is 204 g/mol. The molecule has 1 N–H and O–H groups in total. The number of halogens is 1. The van der Waals surface area contributed by atoms with Gasteiger partial charge >= 0.3 is 0 Å². The summed E-state index contributed by atoms with van der Waals surface area (Å²) < 4.78 is 0. The molecule has 0 aromatic heterocycles. The lowest BCUT2D eigenvalue weighted by Gasteiger charge is -2.10. The van der Waals surface area contributed by atoms with E-state index in [1.54, 1.807) is 11.8 Å². The number of aliphatic hydroxyl groups excluding tert-OH is 1. The van der Waals surface area contributed by atoms with Gasteiger partial charge in [0, 0.05) is 10.8 Å². The highest BCUT2D eigenvalue weighted by atomic mass is 35.5. The van der Waals surface area contributed by atoms with Gasteiger partial charge in [0.1, 0.15) is 0 Å². The molecule has 0 amide bonds. The Hall–Kier alpha value is -0.180. The van der Waals surface area contributed by atoms with Crippen LogP contribution >= 0.6 is 23.4 Å². The van der Waals surface area contributed by atoms with Crippen molar-refractivity contribution in [1.29, 1.82) is 0 Å². The Balaban J connectivity index is 2.84. The van der Waals surface area contributed by atoms with Crippen LogP contribution in [0.5, 0.6) is 0 Å². The lowest BCUT2D eigenvalue weighted by Crippen LogP contribution is -2.00. The van der Waals surface area contributed by atoms with E-state index in [1.165, 1.54) is 0 Å². The molecule has 1 nitrogen and oxygen atoms in total. The standard InChI is InChI=1S/C10H13ClOS/c1-7-3-4-8(5-9(7)11)10(12)6-13-2/h3-5,10,12H,6H2,1-2H3. The topological polar surface area (TPSA) is 20.2 Å². The normalized spacial score (nSPS) is 12.9. The summed E-state index contributed by atoms with van der Waals surface area (Å²) in [5.41, 5.74) is 1.94. The van der Waals surface area contributed by atoms with Crippen LogP contribution < -0.4 is 0 Å². The second kappa shape index (κ2) is 4.89. The zero-order valence-corrected chi connectivity index (χ0v) is 9.32. The molecule has 0 aliphatic carbocycles. The lowest BCUT2D eigenvalue weighted by molar-refractivity contribution is 0.204. The first-order valence-electron chi connectivity index (χ1n) is 4.08. The molecule has 0 aliphatic heterocycles. The Morgan fingerprint density at radius 1 is 1.54 bits per heavy atom. The Morgan fingerprint density at radius 2 is 2.23 bits per heavy atom. The third kappa shape index (κ3) is 2.90. The molecule has 0 heterocycles. The maximum atomic E-state index is 9.66. The van der Waals surface area contributed by atoms with Gasteiger partial charge < -0.3 is 5.11 Å². The van der Waals surface area contributed by atoms with E-state index in [-0.39, 0.29) is 0 Å². The number of aliphatic hydroxyl groups is 1. The number of benzene rings is 1. The summed E-state index contributed by atoms with van der Waals surface area (Å²) in [7, 11) is 0. The predicted molar refractivity (Wildman–Crippen MR) is 59.5 cm³/mol. The molecule has 1 unspecified atom stereocenters. The molecule has 1 aromatic carbocycles. The molecule has 0 bridgehead atoms. The first kappa shape index (κ1) is 10.9. The molecule has 0 saturated heterocycles. The molecular formula is C10H13ClOS. The summed E-state index contributed by atoms with van der Waals surface area (Å²) in [4.78, 5) is 0. The monoisotopic (exact) mass is 216 g/mol. The maximum absolute atomic E-state index is 9.66. The summed E-state index contributed by atoms with van der Waals surface area (Å²) >= 11 is 7.56. The number of rotatable bonds is 3. The van der Waals surface area contributed by atoms with Gasteiger partial charge in [-0.2, -0.15) is 11.8 Å². The first-order valence-corrected chi connectivity index (χ1v) is 5.85. The van der Waals surface area contributed by atoms with Crippen molar-refractivity contribution in [3.8, 4) is 0 Å². The Morgan fingerprint density at radius 3 is 2.77 bits per heavy atom. The highest BCUT2D eigenvalue weighted by Gasteiger charge is 2.07. The number of aryl methyl sites for hydroxylation is 1. The van der Waals surface area contributed by atoms with Crippen LogP contribution in [0, 0.1) is 6.92 Å². The van der Waals surface area contributed by atoms with Gasteiger partial charge in [-0.25, -0.2) is 0 Å². The Labute approximate surface area is 88.1 Å². The molecule has 1 rings (SSSR count). The second-order valence-electron chi connectivity index (χ2n) is 2.98. The molecule has 0 aliphatic rings. The third-order valence-electron chi connectivity index (χ3n) is 1.91. The summed E-state index contributed by atoms with van der Waals surface area (Å²) in [6, 6.07) is 5.68. The van der Waals surface area contributed by atoms with Gasteiger partial charge in [-0.1, -0.05) is 23.7 Å². The largest absolute Gasteiger partial charge is 0.388 e. The van der Waals surface area contributed by atoms with E-state index in [4.69, 9.17) is 11.6 Å².